The standard InChI is InChI=1S/C10H10N4O/c1-14-6-7(10(11)15)9(13-14)8-4-2-3-5-12-8/h2-6H,1H3,(H2,11,15). The Morgan fingerprint density at radius 1 is 1.47 bits per heavy atom. The molecule has 5 heteroatoms. The number of amides is 1. The molecule has 1 amide bonds. The van der Waals surface area contributed by atoms with Crippen molar-refractivity contribution in [3.63, 3.8) is 0 Å². The van der Waals surface area contributed by atoms with Gasteiger partial charge in [0.1, 0.15) is 5.69 Å². The van der Waals surface area contributed by atoms with Crippen LogP contribution in [0.3, 0.4) is 0 Å². The van der Waals surface area contributed by atoms with Crippen LogP contribution in [0.1, 0.15) is 10.4 Å². The summed E-state index contributed by atoms with van der Waals surface area (Å²) in [6.07, 6.45) is 3.24. The van der Waals surface area contributed by atoms with Gasteiger partial charge in [-0.15, -0.1) is 0 Å². The maximum atomic E-state index is 11.1. The predicted molar refractivity (Wildman–Crippen MR) is 55.0 cm³/mol. The predicted octanol–water partition coefficient (Wildman–Crippen LogP) is 0.581. The minimum absolute atomic E-state index is 0.385. The number of nitrogens with two attached hydrogens (primary N) is 1. The Morgan fingerprint density at radius 2 is 2.27 bits per heavy atom. The molecule has 2 rings (SSSR count). The van der Waals surface area contributed by atoms with Gasteiger partial charge in [0, 0.05) is 19.4 Å². The maximum Gasteiger partial charge on any atom is 0.252 e. The quantitative estimate of drug-likeness (QED) is 0.774. The lowest BCUT2D eigenvalue weighted by molar-refractivity contribution is 0.100. The van der Waals surface area contributed by atoms with E-state index in [0.717, 1.165) is 0 Å². The molecule has 0 unspecified atom stereocenters. The zero-order valence-electron chi connectivity index (χ0n) is 8.21. The fourth-order valence-electron chi connectivity index (χ4n) is 1.36. The van der Waals surface area contributed by atoms with E-state index in [9.17, 15) is 4.79 Å². The van der Waals surface area contributed by atoms with Crippen LogP contribution in [0.4, 0.5) is 0 Å². The van der Waals surface area contributed by atoms with Crippen molar-refractivity contribution in [1.82, 2.24) is 14.8 Å². The molecular formula is C10H10N4O. The highest BCUT2D eigenvalue weighted by Gasteiger charge is 2.14. The average Bonchev–Trinajstić information content (AvgIpc) is 2.62. The van der Waals surface area contributed by atoms with Crippen LogP contribution in [-0.2, 0) is 7.05 Å². The number of nitrogens with zero attached hydrogens (tertiary/aromatic N) is 3. The first-order valence-corrected chi connectivity index (χ1v) is 4.43. The van der Waals surface area contributed by atoms with Crippen LogP contribution in [0.2, 0.25) is 0 Å². The number of hydrogen-bond donors (Lipinski definition) is 1. The minimum atomic E-state index is -0.497. The summed E-state index contributed by atoms with van der Waals surface area (Å²) < 4.78 is 1.55. The number of rotatable bonds is 2. The summed E-state index contributed by atoms with van der Waals surface area (Å²) in [4.78, 5) is 15.3. The SMILES string of the molecule is Cn1cc(C(N)=O)c(-c2ccccn2)n1. The minimum Gasteiger partial charge on any atom is -0.365 e. The summed E-state index contributed by atoms with van der Waals surface area (Å²) in [5, 5.41) is 4.16. The van der Waals surface area contributed by atoms with Gasteiger partial charge in [0.05, 0.1) is 11.3 Å². The summed E-state index contributed by atoms with van der Waals surface area (Å²) in [5.74, 6) is -0.497. The Bertz CT molecular complexity index is 489. The monoisotopic (exact) mass is 202 g/mol. The first-order chi connectivity index (χ1) is 7.18. The van der Waals surface area contributed by atoms with Crippen LogP contribution < -0.4 is 5.73 Å². The van der Waals surface area contributed by atoms with Gasteiger partial charge in [-0.05, 0) is 12.1 Å². The molecule has 15 heavy (non-hydrogen) atoms. The summed E-state index contributed by atoms with van der Waals surface area (Å²) in [6, 6.07) is 5.42. The molecule has 76 valence electrons. The molecule has 0 aliphatic heterocycles. The molecule has 0 atom stereocenters. The van der Waals surface area contributed by atoms with Crippen LogP contribution in [0.25, 0.3) is 11.4 Å². The third-order valence-corrected chi connectivity index (χ3v) is 2.00. The van der Waals surface area contributed by atoms with Gasteiger partial charge in [-0.2, -0.15) is 5.10 Å². The van der Waals surface area contributed by atoms with Gasteiger partial charge in [-0.1, -0.05) is 6.07 Å². The van der Waals surface area contributed by atoms with Crippen LogP contribution in [-0.4, -0.2) is 20.7 Å². The number of aromatic nitrogens is 3. The van der Waals surface area contributed by atoms with E-state index in [2.05, 4.69) is 10.1 Å². The first kappa shape index (κ1) is 9.39. The van der Waals surface area contributed by atoms with E-state index >= 15 is 0 Å². The highest BCUT2D eigenvalue weighted by molar-refractivity contribution is 5.98. The van der Waals surface area contributed by atoms with Gasteiger partial charge in [0.25, 0.3) is 5.91 Å². The Hall–Kier alpha value is -2.17. The van der Waals surface area contributed by atoms with Gasteiger partial charge < -0.3 is 5.73 Å². The number of hydrogen-bond acceptors (Lipinski definition) is 3. The zero-order chi connectivity index (χ0) is 10.8. The van der Waals surface area contributed by atoms with Crippen molar-refractivity contribution in [1.29, 1.82) is 0 Å². The fourth-order valence-corrected chi connectivity index (χ4v) is 1.36. The van der Waals surface area contributed by atoms with Crippen molar-refractivity contribution in [2.45, 2.75) is 0 Å². The smallest absolute Gasteiger partial charge is 0.252 e. The van der Waals surface area contributed by atoms with E-state index in [1.807, 2.05) is 6.07 Å². The second-order valence-corrected chi connectivity index (χ2v) is 3.14. The number of aryl methyl sites for hydroxylation is 1. The summed E-state index contributed by atoms with van der Waals surface area (Å²) in [7, 11) is 1.74. The lowest BCUT2D eigenvalue weighted by Gasteiger charge is -1.96. The van der Waals surface area contributed by atoms with Crippen molar-refractivity contribution >= 4 is 5.91 Å². The van der Waals surface area contributed by atoms with Gasteiger partial charge >= 0.3 is 0 Å². The Labute approximate surface area is 86.5 Å². The number of carbonyl (C=O) groups excluding carboxylic acids is 1. The molecule has 0 aliphatic rings. The highest BCUT2D eigenvalue weighted by Crippen LogP contribution is 2.18. The molecule has 0 saturated heterocycles. The molecule has 2 aromatic heterocycles. The third kappa shape index (κ3) is 1.71. The molecule has 0 fully saturated rings. The Kier molecular flexibility index (Phi) is 2.21. The third-order valence-electron chi connectivity index (χ3n) is 2.00. The van der Waals surface area contributed by atoms with E-state index in [4.69, 9.17) is 5.73 Å². The second-order valence-electron chi connectivity index (χ2n) is 3.14. The lowest BCUT2D eigenvalue weighted by atomic mass is 10.2. The van der Waals surface area contributed by atoms with E-state index in [1.54, 1.807) is 36.3 Å². The zero-order valence-corrected chi connectivity index (χ0v) is 8.21. The van der Waals surface area contributed by atoms with E-state index < -0.39 is 5.91 Å². The molecule has 2 aromatic rings. The van der Waals surface area contributed by atoms with E-state index in [-0.39, 0.29) is 0 Å². The Morgan fingerprint density at radius 3 is 2.87 bits per heavy atom. The molecule has 5 nitrogen and oxygen atoms in total. The molecule has 0 radical (unpaired) electrons. The van der Waals surface area contributed by atoms with Gasteiger partial charge in [-0.3, -0.25) is 14.5 Å². The molecule has 0 saturated carbocycles. The molecule has 2 heterocycles. The molecular weight excluding hydrogens is 192 g/mol. The Balaban J connectivity index is 2.58. The maximum absolute atomic E-state index is 11.1. The first-order valence-electron chi connectivity index (χ1n) is 4.43. The summed E-state index contributed by atoms with van der Waals surface area (Å²) >= 11 is 0. The molecule has 0 spiro atoms. The van der Waals surface area contributed by atoms with Gasteiger partial charge in [0.2, 0.25) is 0 Å². The van der Waals surface area contributed by atoms with Crippen LogP contribution in [0.15, 0.2) is 30.6 Å². The van der Waals surface area contributed by atoms with E-state index in [1.165, 1.54) is 0 Å². The second kappa shape index (κ2) is 3.53. The van der Waals surface area contributed by atoms with Crippen LogP contribution in [0, 0.1) is 0 Å². The molecule has 0 aliphatic carbocycles. The average molecular weight is 202 g/mol. The van der Waals surface area contributed by atoms with Crippen molar-refractivity contribution in [2.24, 2.45) is 12.8 Å². The summed E-state index contributed by atoms with van der Waals surface area (Å²) in [6.45, 7) is 0. The van der Waals surface area contributed by atoms with Crippen LogP contribution >= 0.6 is 0 Å². The molecule has 0 bridgehead atoms. The van der Waals surface area contributed by atoms with E-state index in [0.29, 0.717) is 17.0 Å². The van der Waals surface area contributed by atoms with Crippen LogP contribution in [0.5, 0.6) is 0 Å². The van der Waals surface area contributed by atoms with Crippen molar-refractivity contribution in [2.75, 3.05) is 0 Å². The molecule has 0 aromatic carbocycles. The van der Waals surface area contributed by atoms with Crippen molar-refractivity contribution in [3.05, 3.63) is 36.2 Å². The fraction of sp³-hybridized carbons (Fsp3) is 0.100. The number of carbonyl (C=O) groups is 1. The van der Waals surface area contributed by atoms with Gasteiger partial charge in [0.15, 0.2) is 0 Å². The number of pyridine rings is 1. The normalized spacial score (nSPS) is 10.2. The number of primary amides is 1. The highest BCUT2D eigenvalue weighted by atomic mass is 16.1. The summed E-state index contributed by atoms with van der Waals surface area (Å²) in [5.41, 5.74) is 6.79. The largest absolute Gasteiger partial charge is 0.365 e. The van der Waals surface area contributed by atoms with Gasteiger partial charge in [-0.25, -0.2) is 0 Å². The van der Waals surface area contributed by atoms with Crippen molar-refractivity contribution in [3.8, 4) is 11.4 Å². The lowest BCUT2D eigenvalue weighted by Crippen LogP contribution is -2.11. The van der Waals surface area contributed by atoms with Crippen molar-refractivity contribution < 1.29 is 4.79 Å². The molecule has 2 N–H and O–H groups in total. The topological polar surface area (TPSA) is 73.8 Å².